The number of allylic oxidation sites excluding steroid dienone is 1. The molecule has 0 aromatic rings. The molecule has 178 valence electrons. The summed E-state index contributed by atoms with van der Waals surface area (Å²) in [7, 11) is 0. The first-order valence-corrected chi connectivity index (χ1v) is 13.7. The molecule has 7 unspecified atom stereocenters. The minimum Gasteiger partial charge on any atom is -0.393 e. The number of aliphatic hydroxyl groups excluding tert-OH is 1. The highest BCUT2D eigenvalue weighted by molar-refractivity contribution is 5.25. The van der Waals surface area contributed by atoms with Crippen LogP contribution in [0.2, 0.25) is 0 Å². The summed E-state index contributed by atoms with van der Waals surface area (Å²) in [4.78, 5) is 0. The molecule has 1 heteroatoms. The first-order chi connectivity index (χ1) is 14.3. The molecular formula is C29H56O. The smallest absolute Gasteiger partial charge is 0.0577 e. The van der Waals surface area contributed by atoms with Gasteiger partial charge in [-0.25, -0.2) is 0 Å². The first-order valence-electron chi connectivity index (χ1n) is 13.7. The van der Waals surface area contributed by atoms with Gasteiger partial charge < -0.3 is 5.11 Å². The predicted octanol–water partition coefficient (Wildman–Crippen LogP) is 9.05. The molecule has 0 amide bonds. The lowest BCUT2D eigenvalue weighted by Crippen LogP contribution is -2.50. The third kappa shape index (κ3) is 5.19. The number of hydrogen-bond donors (Lipinski definition) is 1. The fraction of sp³-hybridized carbons (Fsp3) is 0.931. The van der Waals surface area contributed by atoms with Gasteiger partial charge in [-0.1, -0.05) is 87.3 Å². The molecule has 30 heavy (non-hydrogen) atoms. The number of hydrogen-bond acceptors (Lipinski definition) is 1. The van der Waals surface area contributed by atoms with Crippen molar-refractivity contribution in [1.29, 1.82) is 0 Å². The third-order valence-corrected chi connectivity index (χ3v) is 8.96. The van der Waals surface area contributed by atoms with Gasteiger partial charge in [0.25, 0.3) is 0 Å². The SMILES string of the molecule is CC.CC.CC(C)C1CCC2C3CC=C4CC(O)CCC4(C)C3CCC12C.CCC. The molecule has 4 rings (SSSR count). The minimum absolute atomic E-state index is 0.0727. The Hall–Kier alpha value is -0.300. The van der Waals surface area contributed by atoms with Gasteiger partial charge in [0.15, 0.2) is 0 Å². The highest BCUT2D eigenvalue weighted by Crippen LogP contribution is 2.67. The number of aliphatic hydroxyl groups is 1. The Morgan fingerprint density at radius 1 is 0.933 bits per heavy atom. The summed E-state index contributed by atoms with van der Waals surface area (Å²) in [5.74, 6) is 4.55. The van der Waals surface area contributed by atoms with E-state index >= 15 is 0 Å². The van der Waals surface area contributed by atoms with Gasteiger partial charge in [-0.3, -0.25) is 0 Å². The molecule has 1 nitrogen and oxygen atoms in total. The fourth-order valence-electron chi connectivity index (χ4n) is 7.78. The molecule has 0 saturated heterocycles. The molecule has 0 aromatic carbocycles. The Labute approximate surface area is 190 Å². The van der Waals surface area contributed by atoms with Crippen molar-refractivity contribution in [3.8, 4) is 0 Å². The molecule has 0 bridgehead atoms. The number of rotatable bonds is 1. The third-order valence-electron chi connectivity index (χ3n) is 8.96. The van der Waals surface area contributed by atoms with Crippen LogP contribution in [0.25, 0.3) is 0 Å². The van der Waals surface area contributed by atoms with Gasteiger partial charge in [-0.15, -0.1) is 0 Å². The van der Waals surface area contributed by atoms with Crippen LogP contribution in [0.1, 0.15) is 127 Å². The van der Waals surface area contributed by atoms with E-state index in [0.29, 0.717) is 10.8 Å². The molecule has 3 fully saturated rings. The van der Waals surface area contributed by atoms with Crippen LogP contribution >= 0.6 is 0 Å². The Bertz CT molecular complexity index is 520. The van der Waals surface area contributed by atoms with Crippen molar-refractivity contribution in [2.45, 2.75) is 133 Å². The van der Waals surface area contributed by atoms with Crippen LogP contribution < -0.4 is 0 Å². The summed E-state index contributed by atoms with van der Waals surface area (Å²) in [6, 6.07) is 0. The van der Waals surface area contributed by atoms with Crippen LogP contribution in [0.3, 0.4) is 0 Å². The van der Waals surface area contributed by atoms with Gasteiger partial charge in [-0.2, -0.15) is 0 Å². The van der Waals surface area contributed by atoms with Crippen molar-refractivity contribution in [1.82, 2.24) is 0 Å². The van der Waals surface area contributed by atoms with E-state index in [9.17, 15) is 5.11 Å². The van der Waals surface area contributed by atoms with Crippen molar-refractivity contribution < 1.29 is 5.11 Å². The summed E-state index contributed by atoms with van der Waals surface area (Å²) in [6.07, 6.45) is 14.1. The molecule has 0 aliphatic heterocycles. The maximum Gasteiger partial charge on any atom is 0.0577 e. The molecule has 4 aliphatic rings. The highest BCUT2D eigenvalue weighted by Gasteiger charge is 2.58. The van der Waals surface area contributed by atoms with E-state index in [1.54, 1.807) is 5.57 Å². The average molecular weight is 421 g/mol. The molecule has 7 atom stereocenters. The standard InChI is InChI=1S/C22H36O.C3H8.2C2H6/c1-14(2)18-7-8-19-17-6-5-15-13-16(23)9-11-21(15,3)20(17)10-12-22(18,19)4;1-3-2;2*1-2/h5,14,16-20,23H,6-13H2,1-4H3;3H2,1-2H3;2*1-2H3. The number of fused-ring (bicyclic) bond motifs is 5. The van der Waals surface area contributed by atoms with Crippen LogP contribution in [0, 0.1) is 40.4 Å². The Morgan fingerprint density at radius 2 is 1.53 bits per heavy atom. The van der Waals surface area contributed by atoms with Gasteiger partial charge in [0.05, 0.1) is 6.10 Å². The van der Waals surface area contributed by atoms with Gasteiger partial charge in [-0.05, 0) is 91.8 Å². The maximum absolute atomic E-state index is 10.1. The van der Waals surface area contributed by atoms with Gasteiger partial charge in [0.2, 0.25) is 0 Å². The monoisotopic (exact) mass is 420 g/mol. The van der Waals surface area contributed by atoms with Crippen molar-refractivity contribution >= 4 is 0 Å². The van der Waals surface area contributed by atoms with E-state index in [-0.39, 0.29) is 6.10 Å². The lowest BCUT2D eigenvalue weighted by Gasteiger charge is -2.58. The zero-order valence-electron chi connectivity index (χ0n) is 22.4. The van der Waals surface area contributed by atoms with E-state index in [4.69, 9.17) is 0 Å². The first kappa shape index (κ1) is 27.7. The largest absolute Gasteiger partial charge is 0.393 e. The molecule has 0 radical (unpaired) electrons. The summed E-state index contributed by atoms with van der Waals surface area (Å²) >= 11 is 0. The molecule has 0 spiro atoms. The van der Waals surface area contributed by atoms with Crippen LogP contribution in [-0.4, -0.2) is 11.2 Å². The average Bonchev–Trinajstić information content (AvgIpc) is 3.10. The second kappa shape index (κ2) is 12.1. The summed E-state index contributed by atoms with van der Waals surface area (Å²) in [5.41, 5.74) is 2.62. The van der Waals surface area contributed by atoms with Crippen LogP contribution in [0.15, 0.2) is 11.6 Å². The molecular weight excluding hydrogens is 364 g/mol. The molecule has 0 heterocycles. The zero-order valence-corrected chi connectivity index (χ0v) is 22.4. The lowest BCUT2D eigenvalue weighted by atomic mass is 9.47. The van der Waals surface area contributed by atoms with Gasteiger partial charge in [0.1, 0.15) is 0 Å². The van der Waals surface area contributed by atoms with E-state index in [0.717, 1.165) is 42.4 Å². The zero-order chi connectivity index (χ0) is 23.1. The normalized spacial score (nSPS) is 41.3. The van der Waals surface area contributed by atoms with E-state index < -0.39 is 0 Å². The van der Waals surface area contributed by atoms with E-state index in [1.807, 2.05) is 27.7 Å². The topological polar surface area (TPSA) is 20.2 Å². The Kier molecular flexibility index (Phi) is 11.2. The van der Waals surface area contributed by atoms with Gasteiger partial charge in [0, 0.05) is 0 Å². The van der Waals surface area contributed by atoms with Crippen LogP contribution in [0.4, 0.5) is 0 Å². The summed E-state index contributed by atoms with van der Waals surface area (Å²) < 4.78 is 0. The van der Waals surface area contributed by atoms with Crippen molar-refractivity contribution in [3.05, 3.63) is 11.6 Å². The Balaban J connectivity index is 0.000000579. The second-order valence-electron chi connectivity index (χ2n) is 10.8. The quantitative estimate of drug-likeness (QED) is 0.419. The van der Waals surface area contributed by atoms with Crippen molar-refractivity contribution in [3.63, 3.8) is 0 Å². The maximum atomic E-state index is 10.1. The highest BCUT2D eigenvalue weighted by atomic mass is 16.3. The summed E-state index contributed by atoms with van der Waals surface area (Å²) in [5, 5.41) is 10.1. The molecule has 4 aliphatic carbocycles. The Morgan fingerprint density at radius 3 is 2.10 bits per heavy atom. The van der Waals surface area contributed by atoms with Crippen LogP contribution in [0.5, 0.6) is 0 Å². The lowest BCUT2D eigenvalue weighted by molar-refractivity contribution is -0.0556. The van der Waals surface area contributed by atoms with E-state index in [1.165, 1.54) is 44.9 Å². The minimum atomic E-state index is -0.0727. The molecule has 3 saturated carbocycles. The fourth-order valence-corrected chi connectivity index (χ4v) is 7.78. The molecule has 1 N–H and O–H groups in total. The molecule has 0 aromatic heterocycles. The van der Waals surface area contributed by atoms with E-state index in [2.05, 4.69) is 47.6 Å². The second-order valence-corrected chi connectivity index (χ2v) is 10.8. The summed E-state index contributed by atoms with van der Waals surface area (Å²) in [6.45, 7) is 22.3. The predicted molar refractivity (Wildman–Crippen MR) is 135 cm³/mol. The van der Waals surface area contributed by atoms with Crippen LogP contribution in [-0.2, 0) is 0 Å². The van der Waals surface area contributed by atoms with Crippen molar-refractivity contribution in [2.24, 2.45) is 40.4 Å². The van der Waals surface area contributed by atoms with Crippen molar-refractivity contribution in [2.75, 3.05) is 0 Å². The van der Waals surface area contributed by atoms with Gasteiger partial charge >= 0.3 is 0 Å².